The molecule has 0 spiro atoms. The molecule has 0 unspecified atom stereocenters. The van der Waals surface area contributed by atoms with Gasteiger partial charge in [-0.1, -0.05) is 12.1 Å². The van der Waals surface area contributed by atoms with E-state index in [0.29, 0.717) is 5.75 Å². The van der Waals surface area contributed by atoms with E-state index < -0.39 is 0 Å². The van der Waals surface area contributed by atoms with E-state index in [-0.39, 0.29) is 4.84 Å². The molecule has 0 atom stereocenters. The van der Waals surface area contributed by atoms with Gasteiger partial charge in [-0.15, -0.1) is 11.8 Å². The van der Waals surface area contributed by atoms with E-state index in [1.807, 2.05) is 24.3 Å². The lowest BCUT2D eigenvalue weighted by atomic mass is 10.4. The molecule has 0 saturated heterocycles. The molecule has 0 radical (unpaired) electrons. The maximum atomic E-state index is 4.84. The molecule has 1 N–H and O–H groups in total. The summed E-state index contributed by atoms with van der Waals surface area (Å²) in [6.07, 6.45) is 0. The van der Waals surface area contributed by atoms with Crippen LogP contribution < -0.4 is 0 Å². The molecule has 0 fully saturated rings. The molecule has 2 aromatic rings. The number of nitrogens with zero attached hydrogens (tertiary/aromatic N) is 1. The summed E-state index contributed by atoms with van der Waals surface area (Å²) in [4.78, 5) is 5.43. The van der Waals surface area contributed by atoms with Crippen molar-refractivity contribution in [2.24, 2.45) is 0 Å². The minimum absolute atomic E-state index is 0.248. The average Bonchev–Trinajstić information content (AvgIpc) is 2.63. The quantitative estimate of drug-likeness (QED) is 0.692. The predicted molar refractivity (Wildman–Crippen MR) is 65.4 cm³/mol. The van der Waals surface area contributed by atoms with Crippen LogP contribution >= 0.6 is 39.9 Å². The Bertz CT molecular complexity index is 509. The fourth-order valence-corrected chi connectivity index (χ4v) is 2.60. The lowest BCUT2D eigenvalue weighted by Crippen LogP contribution is -1.83. The Kier molecular flexibility index (Phi) is 3.61. The van der Waals surface area contributed by atoms with Crippen LogP contribution in [-0.2, 0) is 5.75 Å². The molecule has 1 aromatic carbocycles. The van der Waals surface area contributed by atoms with Crippen LogP contribution in [0.15, 0.2) is 38.2 Å². The fourth-order valence-electron chi connectivity index (χ4n) is 1.03. The summed E-state index contributed by atoms with van der Waals surface area (Å²) in [5, 5.41) is 2.67. The highest BCUT2D eigenvalue weighted by Crippen LogP contribution is 2.28. The van der Waals surface area contributed by atoms with Crippen molar-refractivity contribution in [2.45, 2.75) is 10.6 Å². The van der Waals surface area contributed by atoms with Gasteiger partial charge in [-0.05, 0) is 40.3 Å². The smallest absolute Gasteiger partial charge is 0.314 e. The van der Waals surface area contributed by atoms with Crippen molar-refractivity contribution in [3.8, 4) is 0 Å². The molecule has 6 heteroatoms. The summed E-state index contributed by atoms with van der Waals surface area (Å²) >= 11 is 9.91. The minimum Gasteiger partial charge on any atom is -0.348 e. The lowest BCUT2D eigenvalue weighted by Gasteiger charge is -2.00. The second-order valence-corrected chi connectivity index (χ2v) is 4.97. The third kappa shape index (κ3) is 2.93. The molecule has 0 aliphatic rings. The van der Waals surface area contributed by atoms with Gasteiger partial charge in [-0.3, -0.25) is 0 Å². The van der Waals surface area contributed by atoms with E-state index >= 15 is 0 Å². The molecule has 0 aliphatic heterocycles. The van der Waals surface area contributed by atoms with Gasteiger partial charge >= 0.3 is 4.84 Å². The molecule has 2 rings (SSSR count). The summed E-state index contributed by atoms with van der Waals surface area (Å²) in [6, 6.07) is 8.03. The number of hydrogen-bond donors (Lipinski definition) is 1. The molecule has 3 nitrogen and oxygen atoms in total. The third-order valence-corrected chi connectivity index (χ3v) is 3.90. The number of rotatable bonds is 3. The zero-order chi connectivity index (χ0) is 10.7. The number of H-pyrrole nitrogens is 1. The minimum atomic E-state index is 0.248. The van der Waals surface area contributed by atoms with Gasteiger partial charge in [0.1, 0.15) is 0 Å². The normalized spacial score (nSPS) is 10.5. The van der Waals surface area contributed by atoms with Gasteiger partial charge < -0.3 is 4.52 Å². The Labute approximate surface area is 104 Å². The van der Waals surface area contributed by atoms with Crippen LogP contribution in [0.3, 0.4) is 0 Å². The van der Waals surface area contributed by atoms with Crippen molar-refractivity contribution in [1.29, 1.82) is 0 Å². The van der Waals surface area contributed by atoms with Gasteiger partial charge in [0.05, 0.1) is 5.75 Å². The Morgan fingerprint density at radius 2 is 2.27 bits per heavy atom. The first-order valence-electron chi connectivity index (χ1n) is 4.17. The summed E-state index contributed by atoms with van der Waals surface area (Å²) in [7, 11) is 0. The Morgan fingerprint density at radius 1 is 1.47 bits per heavy atom. The first-order chi connectivity index (χ1) is 7.25. The Morgan fingerprint density at radius 3 is 2.93 bits per heavy atom. The average molecular weight is 303 g/mol. The van der Waals surface area contributed by atoms with Gasteiger partial charge in [0, 0.05) is 9.37 Å². The Hall–Kier alpha value is -0.590. The van der Waals surface area contributed by atoms with Crippen molar-refractivity contribution in [3.05, 3.63) is 39.4 Å². The van der Waals surface area contributed by atoms with Crippen molar-refractivity contribution in [2.75, 3.05) is 0 Å². The van der Waals surface area contributed by atoms with Crippen LogP contribution in [0.5, 0.6) is 0 Å². The van der Waals surface area contributed by atoms with E-state index in [1.54, 1.807) is 11.8 Å². The van der Waals surface area contributed by atoms with Gasteiger partial charge in [0.25, 0.3) is 0 Å². The number of thioether (sulfide) groups is 1. The SMILES string of the molecule is S=c1nc(CSc2ccccc2Br)[nH]o1. The maximum absolute atomic E-state index is 4.84. The van der Waals surface area contributed by atoms with Gasteiger partial charge in [0.2, 0.25) is 0 Å². The van der Waals surface area contributed by atoms with Crippen molar-refractivity contribution >= 4 is 39.9 Å². The van der Waals surface area contributed by atoms with Crippen LogP contribution in [0.4, 0.5) is 0 Å². The summed E-state index contributed by atoms with van der Waals surface area (Å²) in [6.45, 7) is 0. The number of halogens is 1. The zero-order valence-electron chi connectivity index (χ0n) is 7.57. The summed E-state index contributed by atoms with van der Waals surface area (Å²) in [5.41, 5.74) is 0. The Balaban J connectivity index is 2.05. The molecular weight excluding hydrogens is 296 g/mol. The van der Waals surface area contributed by atoms with E-state index in [2.05, 4.69) is 26.1 Å². The third-order valence-electron chi connectivity index (χ3n) is 1.68. The first kappa shape index (κ1) is 10.9. The van der Waals surface area contributed by atoms with Gasteiger partial charge in [-0.25, -0.2) is 5.16 Å². The first-order valence-corrected chi connectivity index (χ1v) is 6.36. The fraction of sp³-hybridized carbons (Fsp3) is 0.111. The van der Waals surface area contributed by atoms with E-state index in [4.69, 9.17) is 16.7 Å². The van der Waals surface area contributed by atoms with Crippen LogP contribution in [0.2, 0.25) is 0 Å². The number of aromatic amines is 1. The second-order valence-electron chi connectivity index (χ2n) is 2.75. The molecule has 0 amide bonds. The second kappa shape index (κ2) is 4.96. The largest absolute Gasteiger partial charge is 0.348 e. The van der Waals surface area contributed by atoms with Crippen LogP contribution in [0.25, 0.3) is 0 Å². The zero-order valence-corrected chi connectivity index (χ0v) is 10.8. The molecule has 15 heavy (non-hydrogen) atoms. The van der Waals surface area contributed by atoms with Crippen LogP contribution in [0.1, 0.15) is 5.82 Å². The number of hydrogen-bond acceptors (Lipinski definition) is 4. The highest BCUT2D eigenvalue weighted by atomic mass is 79.9. The molecule has 78 valence electrons. The monoisotopic (exact) mass is 302 g/mol. The molecule has 0 aliphatic carbocycles. The summed E-state index contributed by atoms with van der Waals surface area (Å²) < 4.78 is 5.92. The predicted octanol–water partition coefficient (Wildman–Crippen LogP) is 3.79. The standard InChI is InChI=1S/C9H7BrN2OS2/c10-6-3-1-2-4-7(6)15-5-8-11-9(14)13-12-8/h1-4H,5H2,(H,11,12,14). The van der Waals surface area contributed by atoms with Crippen molar-refractivity contribution in [3.63, 3.8) is 0 Å². The highest BCUT2D eigenvalue weighted by Gasteiger charge is 2.02. The van der Waals surface area contributed by atoms with Gasteiger partial charge in [-0.2, -0.15) is 4.98 Å². The van der Waals surface area contributed by atoms with Crippen molar-refractivity contribution < 1.29 is 4.52 Å². The topological polar surface area (TPSA) is 41.8 Å². The molecule has 0 bridgehead atoms. The summed E-state index contributed by atoms with van der Waals surface area (Å²) in [5.74, 6) is 1.46. The van der Waals surface area contributed by atoms with E-state index in [0.717, 1.165) is 10.3 Å². The highest BCUT2D eigenvalue weighted by molar-refractivity contribution is 9.10. The number of aromatic nitrogens is 2. The van der Waals surface area contributed by atoms with Crippen molar-refractivity contribution in [1.82, 2.24) is 10.1 Å². The van der Waals surface area contributed by atoms with E-state index in [9.17, 15) is 0 Å². The van der Waals surface area contributed by atoms with Gasteiger partial charge in [0.15, 0.2) is 5.82 Å². The lowest BCUT2D eigenvalue weighted by molar-refractivity contribution is 0.400. The molecule has 0 saturated carbocycles. The number of nitrogens with one attached hydrogen (secondary N) is 1. The van der Waals surface area contributed by atoms with Crippen LogP contribution in [-0.4, -0.2) is 10.1 Å². The van der Waals surface area contributed by atoms with Crippen LogP contribution in [0, 0.1) is 4.84 Å². The van der Waals surface area contributed by atoms with E-state index in [1.165, 1.54) is 4.90 Å². The molecular formula is C9H7BrN2OS2. The maximum Gasteiger partial charge on any atom is 0.314 e. The number of benzene rings is 1. The molecule has 1 heterocycles. The molecule has 1 aromatic heterocycles.